The van der Waals surface area contributed by atoms with Crippen molar-refractivity contribution in [3.05, 3.63) is 29.3 Å². The molecule has 0 saturated heterocycles. The minimum atomic E-state index is 0.687. The molecule has 0 aliphatic heterocycles. The predicted octanol–water partition coefficient (Wildman–Crippen LogP) is 3.86. The zero-order valence-electron chi connectivity index (χ0n) is 11.7. The Morgan fingerprint density at radius 3 is 2.79 bits per heavy atom. The van der Waals surface area contributed by atoms with Crippen LogP contribution >= 0.6 is 11.3 Å². The lowest BCUT2D eigenvalue weighted by Gasteiger charge is -2.19. The van der Waals surface area contributed by atoms with E-state index in [2.05, 4.69) is 43.4 Å². The Labute approximate surface area is 119 Å². The number of nitrogens with zero attached hydrogens (tertiary/aromatic N) is 1. The molecule has 2 unspecified atom stereocenters. The summed E-state index contributed by atoms with van der Waals surface area (Å²) in [5, 5.41) is 4.92. The molecular formula is C16H22N2S. The summed E-state index contributed by atoms with van der Waals surface area (Å²) in [6, 6.07) is 9.25. The summed E-state index contributed by atoms with van der Waals surface area (Å²) in [5.41, 5.74) is 1.15. The lowest BCUT2D eigenvalue weighted by Crippen LogP contribution is -2.27. The van der Waals surface area contributed by atoms with Crippen LogP contribution in [0.15, 0.2) is 24.3 Å². The van der Waals surface area contributed by atoms with Gasteiger partial charge in [0.15, 0.2) is 0 Å². The molecule has 3 rings (SSSR count). The van der Waals surface area contributed by atoms with Crippen molar-refractivity contribution < 1.29 is 0 Å². The number of nitrogens with one attached hydrogen (secondary N) is 1. The van der Waals surface area contributed by atoms with Gasteiger partial charge in [0.2, 0.25) is 0 Å². The normalized spacial score (nSPS) is 18.6. The lowest BCUT2D eigenvalue weighted by atomic mass is 9.93. The molecule has 3 heteroatoms. The Hall–Kier alpha value is -0.930. The fourth-order valence-corrected chi connectivity index (χ4v) is 3.43. The number of fused-ring (bicyclic) bond motifs is 1. The molecule has 1 saturated carbocycles. The van der Waals surface area contributed by atoms with E-state index < -0.39 is 0 Å². The molecule has 2 nitrogen and oxygen atoms in total. The average Bonchev–Trinajstić information content (AvgIpc) is 3.14. The van der Waals surface area contributed by atoms with E-state index >= 15 is 0 Å². The highest BCUT2D eigenvalue weighted by molar-refractivity contribution is 7.18. The summed E-state index contributed by atoms with van der Waals surface area (Å²) >= 11 is 1.85. The quantitative estimate of drug-likeness (QED) is 0.865. The largest absolute Gasteiger partial charge is 0.314 e. The fourth-order valence-electron chi connectivity index (χ4n) is 2.33. The van der Waals surface area contributed by atoms with Crippen LogP contribution in [0.4, 0.5) is 0 Å². The van der Waals surface area contributed by atoms with Gasteiger partial charge in [0.05, 0.1) is 15.2 Å². The first kappa shape index (κ1) is 13.1. The monoisotopic (exact) mass is 274 g/mol. The van der Waals surface area contributed by atoms with Gasteiger partial charge in [-0.05, 0) is 43.4 Å². The smallest absolute Gasteiger partial charge is 0.0941 e. The second kappa shape index (κ2) is 5.59. The minimum Gasteiger partial charge on any atom is -0.314 e. The van der Waals surface area contributed by atoms with Gasteiger partial charge in [-0.15, -0.1) is 11.3 Å². The highest BCUT2D eigenvalue weighted by Gasteiger charge is 2.22. The Morgan fingerprint density at radius 1 is 1.26 bits per heavy atom. The summed E-state index contributed by atoms with van der Waals surface area (Å²) < 4.78 is 1.31. The lowest BCUT2D eigenvalue weighted by molar-refractivity contribution is 0.364. The number of benzene rings is 1. The number of rotatable bonds is 6. The summed E-state index contributed by atoms with van der Waals surface area (Å²) in [7, 11) is 0. The van der Waals surface area contributed by atoms with Gasteiger partial charge in [0, 0.05) is 12.5 Å². The highest BCUT2D eigenvalue weighted by Crippen LogP contribution is 2.26. The van der Waals surface area contributed by atoms with Crippen LogP contribution in [0.3, 0.4) is 0 Å². The Bertz CT molecular complexity index is 511. The molecule has 1 N–H and O–H groups in total. The van der Waals surface area contributed by atoms with Crippen molar-refractivity contribution in [2.45, 2.75) is 39.2 Å². The van der Waals surface area contributed by atoms with E-state index in [-0.39, 0.29) is 0 Å². The Balaban J connectivity index is 1.59. The maximum absolute atomic E-state index is 4.74. The third-order valence-corrected chi connectivity index (χ3v) is 5.17. The van der Waals surface area contributed by atoms with Gasteiger partial charge in [-0.2, -0.15) is 0 Å². The fraction of sp³-hybridized carbons (Fsp3) is 0.562. The molecule has 1 aliphatic rings. The molecule has 1 aromatic carbocycles. The van der Waals surface area contributed by atoms with Crippen LogP contribution < -0.4 is 5.32 Å². The minimum absolute atomic E-state index is 0.687. The zero-order valence-corrected chi connectivity index (χ0v) is 12.5. The molecular weight excluding hydrogens is 252 g/mol. The van der Waals surface area contributed by atoms with E-state index in [1.807, 2.05) is 11.3 Å². The highest BCUT2D eigenvalue weighted by atomic mass is 32.1. The van der Waals surface area contributed by atoms with Crippen LogP contribution in [0.25, 0.3) is 10.2 Å². The van der Waals surface area contributed by atoms with Crippen LogP contribution in [0.2, 0.25) is 0 Å². The maximum atomic E-state index is 4.74. The van der Waals surface area contributed by atoms with Crippen molar-refractivity contribution in [3.8, 4) is 0 Å². The molecule has 0 amide bonds. The van der Waals surface area contributed by atoms with Crippen LogP contribution in [0, 0.1) is 11.8 Å². The van der Waals surface area contributed by atoms with E-state index in [1.165, 1.54) is 22.5 Å². The third-order valence-electron chi connectivity index (χ3n) is 4.11. The van der Waals surface area contributed by atoms with Crippen molar-refractivity contribution in [1.82, 2.24) is 10.3 Å². The van der Waals surface area contributed by atoms with Crippen molar-refractivity contribution in [2.24, 2.45) is 11.8 Å². The number of thiazole rings is 1. The molecule has 1 aromatic heterocycles. The molecule has 1 heterocycles. The van der Waals surface area contributed by atoms with Crippen molar-refractivity contribution in [2.75, 3.05) is 6.54 Å². The molecule has 19 heavy (non-hydrogen) atoms. The molecule has 0 spiro atoms. The van der Waals surface area contributed by atoms with Crippen molar-refractivity contribution in [1.29, 1.82) is 0 Å². The standard InChI is InChI=1S/C16H22N2S/c1-11(12(2)10-17-13-7-8-13)9-16-18-14-5-3-4-6-15(14)19-16/h3-6,11-13,17H,7-10H2,1-2H3. The first-order valence-electron chi connectivity index (χ1n) is 7.30. The van der Waals surface area contributed by atoms with E-state index in [9.17, 15) is 0 Å². The Kier molecular flexibility index (Phi) is 3.85. The zero-order chi connectivity index (χ0) is 13.2. The van der Waals surface area contributed by atoms with Gasteiger partial charge in [0.1, 0.15) is 0 Å². The van der Waals surface area contributed by atoms with Gasteiger partial charge in [-0.1, -0.05) is 26.0 Å². The molecule has 1 aliphatic carbocycles. The van der Waals surface area contributed by atoms with Crippen molar-refractivity contribution in [3.63, 3.8) is 0 Å². The van der Waals surface area contributed by atoms with Gasteiger partial charge in [-0.3, -0.25) is 0 Å². The molecule has 2 atom stereocenters. The first-order chi connectivity index (χ1) is 9.22. The van der Waals surface area contributed by atoms with Crippen LogP contribution in [-0.4, -0.2) is 17.6 Å². The van der Waals surface area contributed by atoms with Gasteiger partial charge < -0.3 is 5.32 Å². The Morgan fingerprint density at radius 2 is 2.05 bits per heavy atom. The summed E-state index contributed by atoms with van der Waals surface area (Å²) in [5.74, 6) is 1.40. The number of aromatic nitrogens is 1. The predicted molar refractivity (Wildman–Crippen MR) is 82.7 cm³/mol. The summed E-state index contributed by atoms with van der Waals surface area (Å²) in [6.07, 6.45) is 3.85. The van der Waals surface area contributed by atoms with E-state index in [0.29, 0.717) is 11.8 Å². The third kappa shape index (κ3) is 3.34. The topological polar surface area (TPSA) is 24.9 Å². The first-order valence-corrected chi connectivity index (χ1v) is 8.12. The van der Waals surface area contributed by atoms with Gasteiger partial charge >= 0.3 is 0 Å². The van der Waals surface area contributed by atoms with E-state index in [0.717, 1.165) is 24.5 Å². The molecule has 0 bridgehead atoms. The number of hydrogen-bond acceptors (Lipinski definition) is 3. The molecule has 102 valence electrons. The van der Waals surface area contributed by atoms with Gasteiger partial charge in [-0.25, -0.2) is 4.98 Å². The molecule has 1 fully saturated rings. The van der Waals surface area contributed by atoms with E-state index in [4.69, 9.17) is 4.98 Å². The van der Waals surface area contributed by atoms with Crippen LogP contribution in [-0.2, 0) is 6.42 Å². The van der Waals surface area contributed by atoms with Gasteiger partial charge in [0.25, 0.3) is 0 Å². The average molecular weight is 274 g/mol. The van der Waals surface area contributed by atoms with Crippen molar-refractivity contribution >= 4 is 21.6 Å². The summed E-state index contributed by atoms with van der Waals surface area (Å²) in [6.45, 7) is 5.86. The second-order valence-corrected chi connectivity index (χ2v) is 7.03. The summed E-state index contributed by atoms with van der Waals surface area (Å²) in [4.78, 5) is 4.74. The maximum Gasteiger partial charge on any atom is 0.0941 e. The van der Waals surface area contributed by atoms with Crippen LogP contribution in [0.5, 0.6) is 0 Å². The number of hydrogen-bond donors (Lipinski definition) is 1. The van der Waals surface area contributed by atoms with Crippen LogP contribution in [0.1, 0.15) is 31.7 Å². The molecule has 0 radical (unpaired) electrons. The molecule has 2 aromatic rings. The van der Waals surface area contributed by atoms with E-state index in [1.54, 1.807) is 0 Å². The SMILES string of the molecule is CC(CNC1CC1)C(C)Cc1nc2ccccc2s1. The number of para-hydroxylation sites is 1. The second-order valence-electron chi connectivity index (χ2n) is 5.92.